The number of benzene rings is 18. The van der Waals surface area contributed by atoms with Crippen molar-refractivity contribution in [2.45, 2.75) is 11.3 Å². The van der Waals surface area contributed by atoms with Gasteiger partial charge in [-0.3, -0.25) is 0 Å². The van der Waals surface area contributed by atoms with Crippen LogP contribution in [-0.4, -0.2) is 0 Å². The van der Waals surface area contributed by atoms with Crippen LogP contribution in [0.5, 0.6) is 0 Å². The van der Waals surface area contributed by atoms with Crippen LogP contribution in [0.1, 0.15) is 44.9 Å². The van der Waals surface area contributed by atoms with E-state index in [1.165, 1.54) is 121 Å². The number of fused-ring (bicyclic) bond motifs is 11. The molecule has 0 aromatic heterocycles. The molecule has 0 unspecified atom stereocenters. The molecule has 0 saturated heterocycles. The smallest absolute Gasteiger partial charge is 0.0713 e. The minimum atomic E-state index is -0.572. The molecule has 0 atom stereocenters. The van der Waals surface area contributed by atoms with E-state index < -0.39 is 5.41 Å². The Bertz CT molecular complexity index is 5750. The summed E-state index contributed by atoms with van der Waals surface area (Å²) in [5.41, 5.74) is 23.9. The maximum absolute atomic E-state index is 2.40. The Kier molecular flexibility index (Phi) is 15.2. The first-order valence-electron chi connectivity index (χ1n) is 35.6. The summed E-state index contributed by atoms with van der Waals surface area (Å²) in [5.74, 6) is 0.259. The molecular formula is C100H69N3. The number of nitrogens with zero attached hydrogens (tertiary/aromatic N) is 3. The van der Waals surface area contributed by atoms with Crippen molar-refractivity contribution in [1.29, 1.82) is 0 Å². The molecule has 2 aliphatic rings. The lowest BCUT2D eigenvalue weighted by Crippen LogP contribution is -2.28. The van der Waals surface area contributed by atoms with E-state index in [0.717, 1.165) is 45.5 Å². The molecule has 0 radical (unpaired) electrons. The van der Waals surface area contributed by atoms with Crippen molar-refractivity contribution in [1.82, 2.24) is 0 Å². The summed E-state index contributed by atoms with van der Waals surface area (Å²) < 4.78 is 0. The third-order valence-corrected chi connectivity index (χ3v) is 21.4. The fraction of sp³-hybridized carbons (Fsp3) is 0.0200. The quantitative estimate of drug-likeness (QED) is 0.121. The van der Waals surface area contributed by atoms with Gasteiger partial charge in [0, 0.05) is 56.8 Å². The highest BCUT2D eigenvalue weighted by Crippen LogP contribution is 2.57. The van der Waals surface area contributed by atoms with Gasteiger partial charge in [-0.05, 0) is 213 Å². The van der Waals surface area contributed by atoms with Crippen molar-refractivity contribution in [2.75, 3.05) is 14.7 Å². The van der Waals surface area contributed by atoms with Crippen molar-refractivity contribution in [2.24, 2.45) is 0 Å². The highest BCUT2D eigenvalue weighted by atomic mass is 15.2. The predicted octanol–water partition coefficient (Wildman–Crippen LogP) is 27.1. The van der Waals surface area contributed by atoms with Crippen molar-refractivity contribution in [3.63, 3.8) is 0 Å². The summed E-state index contributed by atoms with van der Waals surface area (Å²) in [4.78, 5) is 7.16. The molecule has 0 bridgehead atoms. The SMILES string of the molecule is c1ccc(N(c2ccc(C3c4ccccc4-c4ccccc43)cc2)c2cccc3ccccc23)cc1.c1ccc2c(c1)-c1ccccc1C2(c1ccc(N(c2ccc3ccccc3c2)c2ccc3ccccc3c2)cc1)c1ccc(N(c2ccc3ccccc3c2)c2ccc3ccccc3c2)cc1. The molecule has 0 heterocycles. The Hall–Kier alpha value is -13.3. The van der Waals surface area contributed by atoms with E-state index in [-0.39, 0.29) is 5.92 Å². The number of para-hydroxylation sites is 1. The molecule has 0 saturated carbocycles. The normalized spacial score (nSPS) is 12.5. The third-order valence-electron chi connectivity index (χ3n) is 21.4. The summed E-state index contributed by atoms with van der Waals surface area (Å²) in [7, 11) is 0. The zero-order valence-corrected chi connectivity index (χ0v) is 56.7. The topological polar surface area (TPSA) is 9.72 Å². The first-order valence-corrected chi connectivity index (χ1v) is 35.6. The summed E-state index contributed by atoms with van der Waals surface area (Å²) in [5, 5.41) is 12.2. The van der Waals surface area contributed by atoms with Crippen LogP contribution in [0.25, 0.3) is 76.1 Å². The molecule has 18 aromatic carbocycles. The van der Waals surface area contributed by atoms with Crippen LogP contribution in [0.4, 0.5) is 51.2 Å². The Morgan fingerprint density at radius 1 is 0.194 bits per heavy atom. The van der Waals surface area contributed by atoms with Crippen LogP contribution in [0.15, 0.2) is 413 Å². The first kappa shape index (κ1) is 60.8. The Morgan fingerprint density at radius 3 is 0.942 bits per heavy atom. The molecular weight excluding hydrogens is 1240 g/mol. The lowest BCUT2D eigenvalue weighted by Gasteiger charge is -2.35. The maximum Gasteiger partial charge on any atom is 0.0713 e. The Morgan fingerprint density at radius 2 is 0.505 bits per heavy atom. The van der Waals surface area contributed by atoms with Crippen LogP contribution in [0.2, 0.25) is 0 Å². The Balaban J connectivity index is 0.000000171. The summed E-state index contributed by atoms with van der Waals surface area (Å²) >= 11 is 0. The van der Waals surface area contributed by atoms with Crippen LogP contribution in [0, 0.1) is 0 Å². The molecule has 0 aliphatic heterocycles. The fourth-order valence-corrected chi connectivity index (χ4v) is 16.6. The molecule has 0 N–H and O–H groups in total. The summed E-state index contributed by atoms with van der Waals surface area (Å²) in [6, 6.07) is 151. The second kappa shape index (κ2) is 25.7. The first-order chi connectivity index (χ1) is 51.1. The van der Waals surface area contributed by atoms with Gasteiger partial charge in [0.1, 0.15) is 0 Å². The lowest BCUT2D eigenvalue weighted by atomic mass is 9.67. The van der Waals surface area contributed by atoms with Crippen LogP contribution in [0.3, 0.4) is 0 Å². The van der Waals surface area contributed by atoms with Gasteiger partial charge in [-0.25, -0.2) is 0 Å². The summed E-state index contributed by atoms with van der Waals surface area (Å²) in [6.07, 6.45) is 0. The summed E-state index contributed by atoms with van der Waals surface area (Å²) in [6.45, 7) is 0. The molecule has 3 heteroatoms. The van der Waals surface area contributed by atoms with E-state index in [0.29, 0.717) is 0 Å². The maximum atomic E-state index is 2.40. The van der Waals surface area contributed by atoms with Crippen molar-refractivity contribution < 1.29 is 0 Å². The minimum Gasteiger partial charge on any atom is -0.310 e. The van der Waals surface area contributed by atoms with Crippen molar-refractivity contribution in [3.8, 4) is 22.3 Å². The molecule has 0 spiro atoms. The van der Waals surface area contributed by atoms with Crippen LogP contribution >= 0.6 is 0 Å². The average Bonchev–Trinajstić information content (AvgIpc) is 1.55. The number of rotatable bonds is 12. The van der Waals surface area contributed by atoms with Gasteiger partial charge in [-0.2, -0.15) is 0 Å². The van der Waals surface area contributed by atoms with Crippen molar-refractivity contribution in [3.05, 3.63) is 451 Å². The van der Waals surface area contributed by atoms with Crippen molar-refractivity contribution >= 4 is 105 Å². The molecule has 18 aromatic rings. The zero-order valence-electron chi connectivity index (χ0n) is 56.7. The standard InChI is InChI=1S/C65H44N2.C35H25N/c1-5-17-49-41-57(33-25-45(49)13-1)66(58-34-26-46-14-2-6-18-50(46)42-58)55-37-29-53(30-38-55)65(63-23-11-9-21-61(63)62-22-10-12-24-64(62)65)54-31-39-56(40-32-54)67(59-35-27-47-15-3-7-19-51(47)43-59)60-36-28-48-16-4-8-20-52(48)44-60;1-2-13-27(14-3-1)36(34-20-10-12-25-11-4-5-15-29(25)34)28-23-21-26(22-24-28)35-32-18-8-6-16-30(32)31-17-7-9-19-33(31)35/h1-44H;1-24,35H. The lowest BCUT2D eigenvalue weighted by molar-refractivity contribution is 0.768. The number of hydrogen-bond donors (Lipinski definition) is 0. The highest BCUT2D eigenvalue weighted by Gasteiger charge is 2.46. The fourth-order valence-electron chi connectivity index (χ4n) is 16.6. The van der Waals surface area contributed by atoms with Gasteiger partial charge in [0.25, 0.3) is 0 Å². The van der Waals surface area contributed by atoms with E-state index >= 15 is 0 Å². The average molecular weight is 1310 g/mol. The van der Waals surface area contributed by atoms with E-state index in [9.17, 15) is 0 Å². The van der Waals surface area contributed by atoms with Crippen LogP contribution in [-0.2, 0) is 5.41 Å². The molecule has 0 fully saturated rings. The number of hydrogen-bond acceptors (Lipinski definition) is 3. The van der Waals surface area contributed by atoms with Gasteiger partial charge >= 0.3 is 0 Å². The van der Waals surface area contributed by atoms with Gasteiger partial charge < -0.3 is 14.7 Å². The van der Waals surface area contributed by atoms with E-state index in [2.05, 4.69) is 427 Å². The van der Waals surface area contributed by atoms with E-state index in [4.69, 9.17) is 0 Å². The molecule has 3 nitrogen and oxygen atoms in total. The minimum absolute atomic E-state index is 0.259. The predicted molar refractivity (Wildman–Crippen MR) is 435 cm³/mol. The monoisotopic (exact) mass is 1310 g/mol. The van der Waals surface area contributed by atoms with E-state index in [1.807, 2.05) is 0 Å². The van der Waals surface area contributed by atoms with Crippen LogP contribution < -0.4 is 14.7 Å². The van der Waals surface area contributed by atoms with E-state index in [1.54, 1.807) is 0 Å². The zero-order chi connectivity index (χ0) is 68.2. The van der Waals surface area contributed by atoms with Gasteiger partial charge in [-0.1, -0.05) is 309 Å². The van der Waals surface area contributed by atoms with Gasteiger partial charge in [-0.15, -0.1) is 0 Å². The third kappa shape index (κ3) is 10.7. The van der Waals surface area contributed by atoms with Gasteiger partial charge in [0.15, 0.2) is 0 Å². The molecule has 20 rings (SSSR count). The second-order valence-corrected chi connectivity index (χ2v) is 27.1. The highest BCUT2D eigenvalue weighted by molar-refractivity contribution is 6.00. The largest absolute Gasteiger partial charge is 0.310 e. The van der Waals surface area contributed by atoms with Gasteiger partial charge in [0.2, 0.25) is 0 Å². The molecule has 103 heavy (non-hydrogen) atoms. The number of anilines is 9. The molecule has 484 valence electrons. The molecule has 2 aliphatic carbocycles. The van der Waals surface area contributed by atoms with Gasteiger partial charge in [0.05, 0.1) is 11.1 Å². The molecule has 0 amide bonds. The second-order valence-electron chi connectivity index (χ2n) is 27.1. The Labute approximate surface area is 601 Å².